The molecule has 1 unspecified atom stereocenters. The maximum absolute atomic E-state index is 3.75. The second-order valence-corrected chi connectivity index (χ2v) is 6.04. The Hall–Kier alpha value is -0.820. The topological polar surface area (TPSA) is 12.0 Å². The molecule has 1 atom stereocenters. The van der Waals surface area contributed by atoms with Crippen LogP contribution < -0.4 is 5.32 Å². The number of fused-ring (bicyclic) bond motifs is 1. The Kier molecular flexibility index (Phi) is 2.96. The fourth-order valence-corrected chi connectivity index (χ4v) is 3.35. The summed E-state index contributed by atoms with van der Waals surface area (Å²) >= 11 is 0. The van der Waals surface area contributed by atoms with Crippen molar-refractivity contribution >= 4 is 0 Å². The highest BCUT2D eigenvalue weighted by Crippen LogP contribution is 2.30. The van der Waals surface area contributed by atoms with Gasteiger partial charge in [0, 0.05) is 12.1 Å². The Morgan fingerprint density at radius 1 is 1.18 bits per heavy atom. The predicted molar refractivity (Wildman–Crippen MR) is 72.2 cm³/mol. The Labute approximate surface area is 105 Å². The van der Waals surface area contributed by atoms with E-state index in [9.17, 15) is 0 Å². The van der Waals surface area contributed by atoms with Crippen LogP contribution in [0.5, 0.6) is 0 Å². The van der Waals surface area contributed by atoms with E-state index >= 15 is 0 Å². The van der Waals surface area contributed by atoms with E-state index < -0.39 is 0 Å². The van der Waals surface area contributed by atoms with Gasteiger partial charge in [0.25, 0.3) is 0 Å². The zero-order valence-corrected chi connectivity index (χ0v) is 11.0. The number of benzene rings is 1. The van der Waals surface area contributed by atoms with Gasteiger partial charge >= 0.3 is 0 Å². The van der Waals surface area contributed by atoms with Gasteiger partial charge in [-0.3, -0.25) is 0 Å². The van der Waals surface area contributed by atoms with Gasteiger partial charge in [0.15, 0.2) is 0 Å². The molecule has 0 heterocycles. The van der Waals surface area contributed by atoms with E-state index in [1.165, 1.54) is 37.7 Å². The first-order chi connectivity index (χ1) is 8.22. The van der Waals surface area contributed by atoms with Crippen LogP contribution in [0.3, 0.4) is 0 Å². The van der Waals surface area contributed by atoms with Crippen molar-refractivity contribution < 1.29 is 0 Å². The molecular formula is C16H23N. The van der Waals surface area contributed by atoms with E-state index in [-0.39, 0.29) is 0 Å². The first-order valence-electron chi connectivity index (χ1n) is 7.10. The number of hydrogen-bond donors (Lipinski definition) is 1. The molecule has 1 aromatic rings. The van der Waals surface area contributed by atoms with Crippen LogP contribution in [0.1, 0.15) is 55.8 Å². The van der Waals surface area contributed by atoms with Crippen molar-refractivity contribution in [3.63, 3.8) is 0 Å². The average molecular weight is 229 g/mol. The van der Waals surface area contributed by atoms with Crippen molar-refractivity contribution in [2.75, 3.05) is 0 Å². The Bertz CT molecular complexity index is 404. The van der Waals surface area contributed by atoms with Gasteiger partial charge in [0.05, 0.1) is 0 Å². The molecule has 2 aliphatic carbocycles. The largest absolute Gasteiger partial charge is 0.307 e. The van der Waals surface area contributed by atoms with Gasteiger partial charge in [-0.05, 0) is 61.6 Å². The summed E-state index contributed by atoms with van der Waals surface area (Å²) in [6, 6.07) is 8.37. The minimum atomic E-state index is 0.512. The summed E-state index contributed by atoms with van der Waals surface area (Å²) in [5.41, 5.74) is 4.65. The molecular weight excluding hydrogens is 206 g/mol. The minimum Gasteiger partial charge on any atom is -0.307 e. The van der Waals surface area contributed by atoms with Crippen LogP contribution in [0, 0.1) is 5.92 Å². The lowest BCUT2D eigenvalue weighted by Crippen LogP contribution is -2.41. The van der Waals surface area contributed by atoms with Gasteiger partial charge in [-0.2, -0.15) is 0 Å². The fraction of sp³-hybridized carbons (Fsp3) is 0.625. The van der Waals surface area contributed by atoms with Crippen molar-refractivity contribution in [2.24, 2.45) is 5.92 Å². The van der Waals surface area contributed by atoms with Gasteiger partial charge in [-0.1, -0.05) is 25.1 Å². The molecule has 1 aromatic carbocycles. The average Bonchev–Trinajstić information content (AvgIpc) is 2.73. The summed E-state index contributed by atoms with van der Waals surface area (Å²) in [5, 5.41) is 3.75. The monoisotopic (exact) mass is 229 g/mol. The molecule has 17 heavy (non-hydrogen) atoms. The van der Waals surface area contributed by atoms with E-state index in [1.807, 2.05) is 0 Å². The Morgan fingerprint density at radius 2 is 1.94 bits per heavy atom. The molecule has 0 bridgehead atoms. The lowest BCUT2D eigenvalue weighted by atomic mass is 9.81. The zero-order chi connectivity index (χ0) is 11.8. The highest BCUT2D eigenvalue weighted by Gasteiger charge is 2.26. The van der Waals surface area contributed by atoms with Gasteiger partial charge < -0.3 is 5.32 Å². The highest BCUT2D eigenvalue weighted by molar-refractivity contribution is 5.36. The van der Waals surface area contributed by atoms with E-state index in [0.717, 1.165) is 12.0 Å². The molecule has 92 valence electrons. The minimum absolute atomic E-state index is 0.512. The van der Waals surface area contributed by atoms with E-state index in [1.54, 1.807) is 11.1 Å². The predicted octanol–water partition coefficient (Wildman–Crippen LogP) is 3.62. The van der Waals surface area contributed by atoms with Crippen molar-refractivity contribution in [3.05, 3.63) is 34.9 Å². The van der Waals surface area contributed by atoms with Crippen molar-refractivity contribution in [1.82, 2.24) is 5.32 Å². The smallest absolute Gasteiger partial charge is 0.0294 e. The highest BCUT2D eigenvalue weighted by atomic mass is 15.0. The SMILES string of the molecule is CC1CC(NC(C)c2ccc3c(c2)CCC3)C1. The molecule has 0 saturated heterocycles. The maximum Gasteiger partial charge on any atom is 0.0294 e. The summed E-state index contributed by atoms with van der Waals surface area (Å²) in [7, 11) is 0. The second kappa shape index (κ2) is 4.45. The lowest BCUT2D eigenvalue weighted by Gasteiger charge is -2.36. The van der Waals surface area contributed by atoms with Crippen LogP contribution in [-0.4, -0.2) is 6.04 Å². The van der Waals surface area contributed by atoms with Crippen molar-refractivity contribution in [1.29, 1.82) is 0 Å². The molecule has 0 spiro atoms. The molecule has 0 aliphatic heterocycles. The molecule has 1 heteroatoms. The Balaban J connectivity index is 1.67. The summed E-state index contributed by atoms with van der Waals surface area (Å²) < 4.78 is 0. The van der Waals surface area contributed by atoms with Crippen LogP contribution in [0.25, 0.3) is 0 Å². The summed E-state index contributed by atoms with van der Waals surface area (Å²) in [6.07, 6.45) is 6.64. The van der Waals surface area contributed by atoms with Gasteiger partial charge in [0.2, 0.25) is 0 Å². The van der Waals surface area contributed by atoms with Crippen LogP contribution in [0.15, 0.2) is 18.2 Å². The molecule has 2 aliphatic rings. The van der Waals surface area contributed by atoms with Crippen LogP contribution in [0.2, 0.25) is 0 Å². The van der Waals surface area contributed by atoms with Gasteiger partial charge in [-0.15, -0.1) is 0 Å². The van der Waals surface area contributed by atoms with E-state index in [4.69, 9.17) is 0 Å². The molecule has 0 radical (unpaired) electrons. The molecule has 1 fully saturated rings. The molecule has 3 rings (SSSR count). The third-order valence-corrected chi connectivity index (χ3v) is 4.48. The van der Waals surface area contributed by atoms with Gasteiger partial charge in [-0.25, -0.2) is 0 Å². The zero-order valence-electron chi connectivity index (χ0n) is 11.0. The fourth-order valence-electron chi connectivity index (χ4n) is 3.35. The molecule has 0 aromatic heterocycles. The number of nitrogens with one attached hydrogen (secondary N) is 1. The second-order valence-electron chi connectivity index (χ2n) is 6.04. The van der Waals surface area contributed by atoms with Crippen LogP contribution in [0.4, 0.5) is 0 Å². The summed E-state index contributed by atoms with van der Waals surface area (Å²) in [6.45, 7) is 4.65. The summed E-state index contributed by atoms with van der Waals surface area (Å²) in [5.74, 6) is 0.930. The lowest BCUT2D eigenvalue weighted by molar-refractivity contribution is 0.226. The molecule has 1 nitrogen and oxygen atoms in total. The number of hydrogen-bond acceptors (Lipinski definition) is 1. The van der Waals surface area contributed by atoms with Crippen LogP contribution in [-0.2, 0) is 12.8 Å². The maximum atomic E-state index is 3.75. The number of rotatable bonds is 3. The summed E-state index contributed by atoms with van der Waals surface area (Å²) in [4.78, 5) is 0. The normalized spacial score (nSPS) is 28.6. The van der Waals surface area contributed by atoms with Crippen molar-refractivity contribution in [2.45, 2.75) is 58.0 Å². The quantitative estimate of drug-likeness (QED) is 0.834. The standard InChI is InChI=1S/C16H23N/c1-11-8-16(9-11)17-12(2)14-7-6-13-4-3-5-15(13)10-14/h6-7,10-12,16-17H,3-5,8-9H2,1-2H3. The van der Waals surface area contributed by atoms with Crippen molar-refractivity contribution in [3.8, 4) is 0 Å². The molecule has 1 N–H and O–H groups in total. The first kappa shape index (κ1) is 11.3. The third kappa shape index (κ3) is 2.26. The molecule has 0 amide bonds. The Morgan fingerprint density at radius 3 is 2.71 bits per heavy atom. The van der Waals surface area contributed by atoms with E-state index in [0.29, 0.717) is 6.04 Å². The first-order valence-corrected chi connectivity index (χ1v) is 7.10. The van der Waals surface area contributed by atoms with Crippen LogP contribution >= 0.6 is 0 Å². The van der Waals surface area contributed by atoms with Gasteiger partial charge in [0.1, 0.15) is 0 Å². The molecule has 1 saturated carbocycles. The van der Waals surface area contributed by atoms with E-state index in [2.05, 4.69) is 37.4 Å². The number of aryl methyl sites for hydroxylation is 2. The third-order valence-electron chi connectivity index (χ3n) is 4.48.